The topological polar surface area (TPSA) is 17.1 Å². The second kappa shape index (κ2) is 4.42. The average Bonchev–Trinajstić information content (AvgIpc) is 2.06. The van der Waals surface area contributed by atoms with Crippen LogP contribution in [0, 0.1) is 0 Å². The minimum atomic E-state index is 0.483. The predicted octanol–water partition coefficient (Wildman–Crippen LogP) is 2.35. The van der Waals surface area contributed by atoms with Gasteiger partial charge in [-0.2, -0.15) is 0 Å². The van der Waals surface area contributed by atoms with Gasteiger partial charge in [-0.3, -0.25) is 0 Å². The Kier molecular flexibility index (Phi) is 3.46. The third kappa shape index (κ3) is 2.24. The van der Waals surface area contributed by atoms with Crippen molar-refractivity contribution >= 4 is 23.3 Å². The van der Waals surface area contributed by atoms with Crippen molar-refractivity contribution < 1.29 is 4.21 Å². The van der Waals surface area contributed by atoms with Gasteiger partial charge < -0.3 is 0 Å². The molecule has 1 nitrogen and oxygen atoms in total. The molecule has 0 N–H and O–H groups in total. The lowest BCUT2D eigenvalue weighted by molar-refractivity contribution is 0.604. The van der Waals surface area contributed by atoms with Crippen molar-refractivity contribution in [3.8, 4) is 0 Å². The second-order valence-corrected chi connectivity index (χ2v) is 2.96. The van der Waals surface area contributed by atoms with Crippen molar-refractivity contribution in [2.75, 3.05) is 0 Å². The normalized spacial score (nSPS) is 9.55. The van der Waals surface area contributed by atoms with Gasteiger partial charge in [-0.25, -0.2) is 0 Å². The maximum atomic E-state index is 10.2. The van der Waals surface area contributed by atoms with Gasteiger partial charge in [-0.15, -0.1) is 11.6 Å². The third-order valence-electron chi connectivity index (χ3n) is 1.48. The number of hydrogen-bond acceptors (Lipinski definition) is 1. The van der Waals surface area contributed by atoms with Crippen LogP contribution < -0.4 is 0 Å². The highest BCUT2D eigenvalue weighted by atomic mass is 35.5. The van der Waals surface area contributed by atoms with Crippen LogP contribution >= 0.6 is 11.6 Å². The zero-order chi connectivity index (χ0) is 8.10. The smallest absolute Gasteiger partial charge is 0.122 e. The van der Waals surface area contributed by atoms with E-state index in [2.05, 4.69) is 0 Å². The standard InChI is InChI=1S/C8H8ClOS/c9-5-7-3-1-2-4-8(7)6-11-10/h1-4H,5-6H2/q+1. The fourth-order valence-electron chi connectivity index (χ4n) is 0.892. The summed E-state index contributed by atoms with van der Waals surface area (Å²) in [6, 6.07) is 7.72. The Balaban J connectivity index is 2.92. The van der Waals surface area contributed by atoms with Crippen LogP contribution in [0.1, 0.15) is 11.1 Å². The highest BCUT2D eigenvalue weighted by Gasteiger charge is 2.06. The van der Waals surface area contributed by atoms with Crippen molar-refractivity contribution in [1.82, 2.24) is 0 Å². The van der Waals surface area contributed by atoms with Crippen LogP contribution in [-0.2, 0) is 27.5 Å². The number of hydrogen-bond donors (Lipinski definition) is 0. The molecule has 0 aliphatic rings. The zero-order valence-corrected chi connectivity index (χ0v) is 7.49. The Morgan fingerprint density at radius 2 is 1.91 bits per heavy atom. The molecule has 0 bridgehead atoms. The molecule has 58 valence electrons. The van der Waals surface area contributed by atoms with Crippen LogP contribution in [0.2, 0.25) is 0 Å². The van der Waals surface area contributed by atoms with Crippen molar-refractivity contribution in [2.24, 2.45) is 0 Å². The molecule has 1 aromatic carbocycles. The van der Waals surface area contributed by atoms with Crippen LogP contribution in [0.25, 0.3) is 0 Å². The van der Waals surface area contributed by atoms with Gasteiger partial charge in [-0.05, 0) is 5.56 Å². The lowest BCUT2D eigenvalue weighted by Crippen LogP contribution is -1.88. The highest BCUT2D eigenvalue weighted by molar-refractivity contribution is 7.64. The summed E-state index contributed by atoms with van der Waals surface area (Å²) in [5.74, 6) is 0.986. The predicted molar refractivity (Wildman–Crippen MR) is 47.8 cm³/mol. The Morgan fingerprint density at radius 3 is 2.45 bits per heavy atom. The number of halogens is 1. The van der Waals surface area contributed by atoms with E-state index in [-0.39, 0.29) is 0 Å². The van der Waals surface area contributed by atoms with E-state index in [1.807, 2.05) is 24.3 Å². The van der Waals surface area contributed by atoms with Gasteiger partial charge >= 0.3 is 11.7 Å². The maximum Gasteiger partial charge on any atom is 0.463 e. The van der Waals surface area contributed by atoms with Gasteiger partial charge in [-0.1, -0.05) is 24.3 Å². The summed E-state index contributed by atoms with van der Waals surface area (Å²) in [6.45, 7) is 0. The molecule has 0 heterocycles. The zero-order valence-electron chi connectivity index (χ0n) is 5.92. The van der Waals surface area contributed by atoms with Gasteiger partial charge in [0.15, 0.2) is 0 Å². The fourth-order valence-corrected chi connectivity index (χ4v) is 1.56. The van der Waals surface area contributed by atoms with Gasteiger partial charge in [0.25, 0.3) is 5.75 Å². The van der Waals surface area contributed by atoms with Crippen molar-refractivity contribution in [1.29, 1.82) is 0 Å². The van der Waals surface area contributed by atoms with Gasteiger partial charge in [0.2, 0.25) is 0 Å². The number of benzene rings is 1. The van der Waals surface area contributed by atoms with E-state index in [4.69, 9.17) is 11.6 Å². The molecule has 0 amide bonds. The lowest BCUT2D eigenvalue weighted by Gasteiger charge is -1.96. The lowest BCUT2D eigenvalue weighted by atomic mass is 10.1. The van der Waals surface area contributed by atoms with E-state index in [9.17, 15) is 4.21 Å². The molecule has 0 spiro atoms. The minimum Gasteiger partial charge on any atom is -0.122 e. The van der Waals surface area contributed by atoms with Crippen LogP contribution in [0.3, 0.4) is 0 Å². The van der Waals surface area contributed by atoms with Crippen LogP contribution in [0.4, 0.5) is 0 Å². The monoisotopic (exact) mass is 187 g/mol. The summed E-state index contributed by atoms with van der Waals surface area (Å²) in [6.07, 6.45) is 0. The molecular formula is C8H8ClOS+. The van der Waals surface area contributed by atoms with E-state index in [1.54, 1.807) is 0 Å². The molecule has 0 aliphatic carbocycles. The van der Waals surface area contributed by atoms with Gasteiger partial charge in [0.05, 0.1) is 0 Å². The second-order valence-electron chi connectivity index (χ2n) is 2.16. The van der Waals surface area contributed by atoms with Gasteiger partial charge in [0, 0.05) is 15.7 Å². The molecule has 0 unspecified atom stereocenters. The number of alkyl halides is 1. The molecule has 0 aliphatic heterocycles. The van der Waals surface area contributed by atoms with Crippen molar-refractivity contribution in [3.05, 3.63) is 35.4 Å². The van der Waals surface area contributed by atoms with Gasteiger partial charge in [0.1, 0.15) is 0 Å². The van der Waals surface area contributed by atoms with E-state index in [0.29, 0.717) is 23.3 Å². The molecule has 0 saturated heterocycles. The van der Waals surface area contributed by atoms with E-state index < -0.39 is 0 Å². The third-order valence-corrected chi connectivity index (χ3v) is 2.19. The molecule has 3 heteroatoms. The first-order valence-electron chi connectivity index (χ1n) is 3.26. The SMILES string of the molecule is O=[S+]Cc1ccccc1CCl. The van der Waals surface area contributed by atoms with Crippen molar-refractivity contribution in [2.45, 2.75) is 11.6 Å². The minimum absolute atomic E-state index is 0.483. The first-order chi connectivity index (χ1) is 5.38. The maximum absolute atomic E-state index is 10.2. The molecule has 0 aromatic heterocycles. The Bertz CT molecular complexity index is 250. The van der Waals surface area contributed by atoms with Crippen LogP contribution in [0.5, 0.6) is 0 Å². The number of rotatable bonds is 3. The summed E-state index contributed by atoms with van der Waals surface area (Å²) in [4.78, 5) is 0. The van der Waals surface area contributed by atoms with Crippen molar-refractivity contribution in [3.63, 3.8) is 0 Å². The molecular weight excluding hydrogens is 180 g/mol. The molecule has 0 radical (unpaired) electrons. The highest BCUT2D eigenvalue weighted by Crippen LogP contribution is 2.11. The largest absolute Gasteiger partial charge is 0.463 e. The Labute approximate surface area is 74.9 Å². The summed E-state index contributed by atoms with van der Waals surface area (Å²) in [5.41, 5.74) is 2.10. The molecule has 0 atom stereocenters. The summed E-state index contributed by atoms with van der Waals surface area (Å²) in [7, 11) is 0. The molecule has 0 fully saturated rings. The summed E-state index contributed by atoms with van der Waals surface area (Å²) >= 11 is 6.23. The first-order valence-corrected chi connectivity index (χ1v) is 4.70. The molecule has 1 aromatic rings. The van der Waals surface area contributed by atoms with E-state index in [0.717, 1.165) is 11.1 Å². The molecule has 11 heavy (non-hydrogen) atoms. The van der Waals surface area contributed by atoms with E-state index >= 15 is 0 Å². The van der Waals surface area contributed by atoms with E-state index in [1.165, 1.54) is 0 Å². The Hall–Kier alpha value is -0.470. The molecule has 1 rings (SSSR count). The quantitative estimate of drug-likeness (QED) is 0.525. The van der Waals surface area contributed by atoms with Crippen LogP contribution in [0.15, 0.2) is 24.3 Å². The average molecular weight is 188 g/mol. The Morgan fingerprint density at radius 1 is 1.27 bits per heavy atom. The summed E-state index contributed by atoms with van der Waals surface area (Å²) in [5, 5.41) is 0. The molecule has 0 saturated carbocycles. The first kappa shape index (κ1) is 8.62. The van der Waals surface area contributed by atoms with Crippen LogP contribution in [-0.4, -0.2) is 0 Å². The fraction of sp³-hybridized carbons (Fsp3) is 0.250. The summed E-state index contributed by atoms with van der Waals surface area (Å²) < 4.78 is 10.2.